The quantitative estimate of drug-likeness (QED) is 0.896. The molecule has 1 saturated carbocycles. The van der Waals surface area contributed by atoms with Crippen molar-refractivity contribution in [3.63, 3.8) is 0 Å². The molecule has 0 aromatic carbocycles. The minimum Gasteiger partial charge on any atom is -0.345 e. The van der Waals surface area contributed by atoms with Gasteiger partial charge in [0.15, 0.2) is 0 Å². The summed E-state index contributed by atoms with van der Waals surface area (Å²) >= 11 is 0. The topological polar surface area (TPSA) is 42.1 Å². The first-order chi connectivity index (χ1) is 8.85. The van der Waals surface area contributed by atoms with Crippen LogP contribution in [0, 0.1) is 0 Å². The normalized spacial score (nSPS) is 17.3. The third kappa shape index (κ3) is 4.38. The maximum absolute atomic E-state index is 12.5. The van der Waals surface area contributed by atoms with Crippen LogP contribution in [0.25, 0.3) is 0 Å². The number of pyridine rings is 1. The zero-order chi connectivity index (χ0) is 14.0. The van der Waals surface area contributed by atoms with E-state index in [1.165, 1.54) is 4.90 Å². The van der Waals surface area contributed by atoms with E-state index in [1.807, 2.05) is 6.92 Å². The monoisotopic (exact) mass is 273 g/mol. The smallest absolute Gasteiger partial charge is 0.345 e. The summed E-state index contributed by atoms with van der Waals surface area (Å²) in [6.07, 6.45) is -0.298. The molecular weight excluding hydrogens is 255 g/mol. The van der Waals surface area contributed by atoms with Gasteiger partial charge in [0.2, 0.25) is 0 Å². The lowest BCUT2D eigenvalue weighted by atomic mass is 10.1. The number of hydrogen-bond donors (Lipinski definition) is 1. The molecule has 0 amide bonds. The summed E-state index contributed by atoms with van der Waals surface area (Å²) in [5.41, 5.74) is 6.62. The van der Waals surface area contributed by atoms with E-state index in [1.54, 1.807) is 18.3 Å². The summed E-state index contributed by atoms with van der Waals surface area (Å²) in [7, 11) is 0. The Morgan fingerprint density at radius 1 is 1.42 bits per heavy atom. The molecule has 0 radical (unpaired) electrons. The van der Waals surface area contributed by atoms with Crippen molar-refractivity contribution in [2.24, 2.45) is 5.73 Å². The Bertz CT molecular complexity index is 410. The molecule has 2 rings (SSSR count). The molecule has 0 aliphatic heterocycles. The molecule has 1 aliphatic carbocycles. The Morgan fingerprint density at radius 3 is 2.53 bits per heavy atom. The lowest BCUT2D eigenvalue weighted by molar-refractivity contribution is -0.120. The van der Waals surface area contributed by atoms with E-state index < -0.39 is 12.7 Å². The summed E-state index contributed by atoms with van der Waals surface area (Å²) in [5, 5.41) is 0. The molecule has 1 atom stereocenters. The van der Waals surface area contributed by atoms with Gasteiger partial charge in [0.05, 0.1) is 0 Å². The van der Waals surface area contributed by atoms with Crippen molar-refractivity contribution in [2.45, 2.75) is 44.4 Å². The molecule has 1 aromatic rings. The highest BCUT2D eigenvalue weighted by molar-refractivity contribution is 5.42. The fourth-order valence-electron chi connectivity index (χ4n) is 2.06. The number of halogens is 3. The predicted molar refractivity (Wildman–Crippen MR) is 68.0 cm³/mol. The number of alkyl halides is 3. The van der Waals surface area contributed by atoms with Crippen molar-refractivity contribution in [3.8, 4) is 0 Å². The van der Waals surface area contributed by atoms with Crippen LogP contribution >= 0.6 is 0 Å². The average molecular weight is 273 g/mol. The molecule has 0 spiro atoms. The second-order valence-electron chi connectivity index (χ2n) is 5.18. The van der Waals surface area contributed by atoms with Gasteiger partial charge in [-0.25, -0.2) is 4.98 Å². The first-order valence-corrected chi connectivity index (χ1v) is 6.39. The Labute approximate surface area is 110 Å². The molecule has 1 aliphatic rings. The second kappa shape index (κ2) is 5.36. The molecule has 0 bridgehead atoms. The standard InChI is InChI=1S/C13H18F3N3/c1-9(17)6-10-2-5-12(18-7-10)19(11-3-4-11)8-13(14,15)16/h2,5,7,9,11H,3-4,6,8,17H2,1H3. The minimum atomic E-state index is -4.20. The van der Waals surface area contributed by atoms with E-state index in [-0.39, 0.29) is 12.1 Å². The number of nitrogens with zero attached hydrogens (tertiary/aromatic N) is 2. The van der Waals surface area contributed by atoms with Crippen LogP contribution in [0.4, 0.5) is 19.0 Å². The molecule has 106 valence electrons. The Kier molecular flexibility index (Phi) is 3.99. The maximum Gasteiger partial charge on any atom is 0.405 e. The molecular formula is C13H18F3N3. The molecule has 6 heteroatoms. The number of anilines is 1. The third-order valence-corrected chi connectivity index (χ3v) is 3.00. The zero-order valence-corrected chi connectivity index (χ0v) is 10.8. The molecule has 1 fully saturated rings. The Hall–Kier alpha value is -1.30. The van der Waals surface area contributed by atoms with Crippen LogP contribution in [0.1, 0.15) is 25.3 Å². The van der Waals surface area contributed by atoms with Crippen LogP contribution in [0.5, 0.6) is 0 Å². The summed E-state index contributed by atoms with van der Waals surface area (Å²) in [6, 6.07) is 3.45. The van der Waals surface area contributed by atoms with Crippen molar-refractivity contribution in [2.75, 3.05) is 11.4 Å². The molecule has 3 nitrogen and oxygen atoms in total. The van der Waals surface area contributed by atoms with Crippen molar-refractivity contribution in [1.82, 2.24) is 4.98 Å². The van der Waals surface area contributed by atoms with Crippen LogP contribution in [-0.4, -0.2) is 29.8 Å². The summed E-state index contributed by atoms with van der Waals surface area (Å²) < 4.78 is 37.6. The van der Waals surface area contributed by atoms with E-state index in [9.17, 15) is 13.2 Å². The van der Waals surface area contributed by atoms with Gasteiger partial charge in [-0.05, 0) is 37.8 Å². The fraction of sp³-hybridized carbons (Fsp3) is 0.615. The van der Waals surface area contributed by atoms with Gasteiger partial charge in [0.25, 0.3) is 0 Å². The largest absolute Gasteiger partial charge is 0.405 e. The highest BCUT2D eigenvalue weighted by Crippen LogP contribution is 2.33. The van der Waals surface area contributed by atoms with E-state index in [4.69, 9.17) is 5.73 Å². The van der Waals surface area contributed by atoms with Gasteiger partial charge in [-0.3, -0.25) is 0 Å². The average Bonchev–Trinajstić information content (AvgIpc) is 3.09. The summed E-state index contributed by atoms with van der Waals surface area (Å²) in [5.74, 6) is 0.397. The van der Waals surface area contributed by atoms with E-state index in [0.29, 0.717) is 12.2 Å². The molecule has 2 N–H and O–H groups in total. The maximum atomic E-state index is 12.5. The van der Waals surface area contributed by atoms with E-state index >= 15 is 0 Å². The van der Waals surface area contributed by atoms with Crippen molar-refractivity contribution in [1.29, 1.82) is 0 Å². The highest BCUT2D eigenvalue weighted by Gasteiger charge is 2.38. The van der Waals surface area contributed by atoms with Crippen LogP contribution in [0.15, 0.2) is 18.3 Å². The molecule has 1 unspecified atom stereocenters. The van der Waals surface area contributed by atoms with Gasteiger partial charge >= 0.3 is 6.18 Å². The van der Waals surface area contributed by atoms with Gasteiger partial charge in [0.1, 0.15) is 12.4 Å². The SMILES string of the molecule is CC(N)Cc1ccc(N(CC(F)(F)F)C2CC2)nc1. The summed E-state index contributed by atoms with van der Waals surface area (Å²) in [6.45, 7) is 0.950. The highest BCUT2D eigenvalue weighted by atomic mass is 19.4. The number of aromatic nitrogens is 1. The third-order valence-electron chi connectivity index (χ3n) is 3.00. The molecule has 1 heterocycles. The summed E-state index contributed by atoms with van der Waals surface area (Å²) in [4.78, 5) is 5.49. The lowest BCUT2D eigenvalue weighted by Crippen LogP contribution is -2.36. The Balaban J connectivity index is 2.09. The van der Waals surface area contributed by atoms with E-state index in [0.717, 1.165) is 18.4 Å². The van der Waals surface area contributed by atoms with Crippen LogP contribution in [-0.2, 0) is 6.42 Å². The molecule has 0 saturated heterocycles. The van der Waals surface area contributed by atoms with Crippen molar-refractivity contribution < 1.29 is 13.2 Å². The fourth-order valence-corrected chi connectivity index (χ4v) is 2.06. The second-order valence-corrected chi connectivity index (χ2v) is 5.18. The first kappa shape index (κ1) is 14.1. The zero-order valence-electron chi connectivity index (χ0n) is 10.8. The van der Waals surface area contributed by atoms with Crippen LogP contribution in [0.3, 0.4) is 0 Å². The van der Waals surface area contributed by atoms with Gasteiger partial charge in [-0.15, -0.1) is 0 Å². The van der Waals surface area contributed by atoms with Crippen LogP contribution in [0.2, 0.25) is 0 Å². The van der Waals surface area contributed by atoms with Gasteiger partial charge in [0, 0.05) is 18.3 Å². The number of nitrogens with two attached hydrogens (primary N) is 1. The van der Waals surface area contributed by atoms with E-state index in [2.05, 4.69) is 4.98 Å². The minimum absolute atomic E-state index is 0.0161. The van der Waals surface area contributed by atoms with Gasteiger partial charge in [-0.1, -0.05) is 6.07 Å². The van der Waals surface area contributed by atoms with Crippen molar-refractivity contribution in [3.05, 3.63) is 23.9 Å². The van der Waals surface area contributed by atoms with Gasteiger partial charge in [-0.2, -0.15) is 13.2 Å². The first-order valence-electron chi connectivity index (χ1n) is 6.39. The lowest BCUT2D eigenvalue weighted by Gasteiger charge is -2.24. The van der Waals surface area contributed by atoms with Crippen LogP contribution < -0.4 is 10.6 Å². The predicted octanol–water partition coefficient (Wildman–Crippen LogP) is 2.50. The Morgan fingerprint density at radius 2 is 2.11 bits per heavy atom. The number of hydrogen-bond acceptors (Lipinski definition) is 3. The molecule has 19 heavy (non-hydrogen) atoms. The van der Waals surface area contributed by atoms with Gasteiger partial charge < -0.3 is 10.6 Å². The van der Waals surface area contributed by atoms with Crippen molar-refractivity contribution >= 4 is 5.82 Å². The number of rotatable bonds is 5. The molecule has 1 aromatic heterocycles.